The maximum absolute atomic E-state index is 12.0. The Morgan fingerprint density at radius 2 is 2.40 bits per heavy atom. The van der Waals surface area contributed by atoms with Crippen molar-refractivity contribution < 1.29 is 4.79 Å². The minimum Gasteiger partial charge on any atom is -0.324 e. The first-order valence-electron chi connectivity index (χ1n) is 5.15. The van der Waals surface area contributed by atoms with Gasteiger partial charge in [-0.25, -0.2) is 0 Å². The van der Waals surface area contributed by atoms with Gasteiger partial charge >= 0.3 is 0 Å². The lowest BCUT2D eigenvalue weighted by Gasteiger charge is -2.19. The lowest BCUT2D eigenvalue weighted by molar-refractivity contribution is -0.131. The van der Waals surface area contributed by atoms with E-state index in [1.54, 1.807) is 16.2 Å². The van der Waals surface area contributed by atoms with Gasteiger partial charge < -0.3 is 4.90 Å². The molecule has 0 radical (unpaired) electrons. The molecule has 1 N–H and O–H groups in total. The third kappa shape index (κ3) is 1.58. The van der Waals surface area contributed by atoms with Crippen LogP contribution in [0.4, 0.5) is 0 Å². The molecule has 2 atom stereocenters. The van der Waals surface area contributed by atoms with Crippen molar-refractivity contribution in [2.24, 2.45) is 0 Å². The van der Waals surface area contributed by atoms with Crippen LogP contribution in [-0.2, 0) is 4.79 Å². The van der Waals surface area contributed by atoms with Gasteiger partial charge in [-0.3, -0.25) is 10.1 Å². The van der Waals surface area contributed by atoms with Crippen LogP contribution < -0.4 is 5.32 Å². The molecule has 1 saturated heterocycles. The predicted octanol–water partition coefficient (Wildman–Crippen LogP) is 1.98. The fourth-order valence-electron chi connectivity index (χ4n) is 1.96. The van der Waals surface area contributed by atoms with Gasteiger partial charge in [-0.15, -0.1) is 0 Å². The molecule has 2 unspecified atom stereocenters. The molecule has 15 heavy (non-hydrogen) atoms. The van der Waals surface area contributed by atoms with E-state index in [0.29, 0.717) is 0 Å². The van der Waals surface area contributed by atoms with Crippen LogP contribution in [0.1, 0.15) is 32.0 Å². The molecule has 4 heteroatoms. The van der Waals surface area contributed by atoms with E-state index in [2.05, 4.69) is 16.8 Å². The number of thiophene rings is 1. The van der Waals surface area contributed by atoms with E-state index < -0.39 is 5.54 Å². The highest BCUT2D eigenvalue weighted by Crippen LogP contribution is 2.31. The first-order valence-corrected chi connectivity index (χ1v) is 6.10. The lowest BCUT2D eigenvalue weighted by atomic mass is 9.99. The number of rotatable bonds is 2. The van der Waals surface area contributed by atoms with Crippen molar-refractivity contribution in [3.8, 4) is 0 Å². The van der Waals surface area contributed by atoms with Gasteiger partial charge in [0.25, 0.3) is 0 Å². The molecule has 0 saturated carbocycles. The molecule has 2 heterocycles. The number of nitrogens with one attached hydrogen (secondary N) is 1. The highest BCUT2D eigenvalue weighted by Gasteiger charge is 2.45. The molecule has 0 bridgehead atoms. The summed E-state index contributed by atoms with van der Waals surface area (Å²) < 4.78 is 0. The van der Waals surface area contributed by atoms with Crippen molar-refractivity contribution in [2.45, 2.75) is 32.0 Å². The van der Waals surface area contributed by atoms with Crippen molar-refractivity contribution in [1.29, 1.82) is 0 Å². The number of hydrogen-bond donors (Lipinski definition) is 1. The number of nitrogens with zero attached hydrogens (tertiary/aromatic N) is 1. The maximum atomic E-state index is 12.0. The predicted molar refractivity (Wildman–Crippen MR) is 61.7 cm³/mol. The van der Waals surface area contributed by atoms with Crippen LogP contribution in [-0.4, -0.2) is 23.4 Å². The van der Waals surface area contributed by atoms with Gasteiger partial charge in [-0.05, 0) is 35.7 Å². The van der Waals surface area contributed by atoms with Crippen molar-refractivity contribution >= 4 is 17.2 Å². The molecule has 0 aliphatic carbocycles. The van der Waals surface area contributed by atoms with Crippen molar-refractivity contribution in [3.63, 3.8) is 0 Å². The number of amides is 1. The molecule has 1 aliphatic rings. The van der Waals surface area contributed by atoms with Crippen LogP contribution in [0.5, 0.6) is 0 Å². The third-order valence-electron chi connectivity index (χ3n) is 3.20. The van der Waals surface area contributed by atoms with Crippen molar-refractivity contribution in [3.05, 3.63) is 22.4 Å². The first kappa shape index (κ1) is 10.6. The summed E-state index contributed by atoms with van der Waals surface area (Å²) in [5.74, 6) is 0.182. The summed E-state index contributed by atoms with van der Waals surface area (Å²) in [7, 11) is 1.86. The summed E-state index contributed by atoms with van der Waals surface area (Å²) in [6, 6.07) is 2.06. The van der Waals surface area contributed by atoms with Gasteiger partial charge in [0.05, 0.1) is 5.54 Å². The van der Waals surface area contributed by atoms with E-state index in [4.69, 9.17) is 0 Å². The number of likely N-dealkylation sites (N-methyl/N-ethyl adjacent to an activating group) is 1. The Morgan fingerprint density at radius 1 is 1.67 bits per heavy atom. The van der Waals surface area contributed by atoms with Gasteiger partial charge in [0, 0.05) is 7.05 Å². The summed E-state index contributed by atoms with van der Waals surface area (Å²) in [6.07, 6.45) is 0.852. The molecular weight excluding hydrogens is 208 g/mol. The number of carbonyl (C=O) groups is 1. The Kier molecular flexibility index (Phi) is 2.56. The van der Waals surface area contributed by atoms with E-state index in [1.165, 1.54) is 5.56 Å². The van der Waals surface area contributed by atoms with Crippen molar-refractivity contribution in [1.82, 2.24) is 10.2 Å². The SMILES string of the molecule is CCC1(C)NC(c2ccsc2)N(C)C1=O. The molecule has 1 aromatic rings. The molecule has 1 aliphatic heterocycles. The third-order valence-corrected chi connectivity index (χ3v) is 3.90. The molecule has 2 rings (SSSR count). The Bertz CT molecular complexity index is 363. The van der Waals surface area contributed by atoms with Gasteiger partial charge in [0.1, 0.15) is 6.17 Å². The fraction of sp³-hybridized carbons (Fsp3) is 0.545. The fourth-order valence-corrected chi connectivity index (χ4v) is 2.64. The van der Waals surface area contributed by atoms with Crippen LogP contribution in [0.25, 0.3) is 0 Å². The van der Waals surface area contributed by atoms with E-state index in [0.717, 1.165) is 6.42 Å². The van der Waals surface area contributed by atoms with Gasteiger partial charge in [0.15, 0.2) is 0 Å². The molecular formula is C11H16N2OS. The van der Waals surface area contributed by atoms with E-state index in [-0.39, 0.29) is 12.1 Å². The topological polar surface area (TPSA) is 32.3 Å². The molecule has 1 amide bonds. The monoisotopic (exact) mass is 224 g/mol. The van der Waals surface area contributed by atoms with E-state index >= 15 is 0 Å². The van der Waals surface area contributed by atoms with E-state index in [1.807, 2.05) is 26.3 Å². The van der Waals surface area contributed by atoms with Crippen LogP contribution in [0.2, 0.25) is 0 Å². The first-order chi connectivity index (χ1) is 7.08. The maximum Gasteiger partial charge on any atom is 0.243 e. The summed E-state index contributed by atoms with van der Waals surface area (Å²) in [5, 5.41) is 7.53. The summed E-state index contributed by atoms with van der Waals surface area (Å²) >= 11 is 1.66. The van der Waals surface area contributed by atoms with E-state index in [9.17, 15) is 4.79 Å². The van der Waals surface area contributed by atoms with Crippen LogP contribution in [0.15, 0.2) is 16.8 Å². The molecule has 1 fully saturated rings. The Hall–Kier alpha value is -0.870. The Labute approximate surface area is 94.1 Å². The van der Waals surface area contributed by atoms with Crippen molar-refractivity contribution in [2.75, 3.05) is 7.05 Å². The van der Waals surface area contributed by atoms with Gasteiger partial charge in [-0.2, -0.15) is 11.3 Å². The van der Waals surface area contributed by atoms with Gasteiger partial charge in [-0.1, -0.05) is 6.92 Å². The van der Waals surface area contributed by atoms with Gasteiger partial charge in [0.2, 0.25) is 5.91 Å². The number of carbonyl (C=O) groups excluding carboxylic acids is 1. The average molecular weight is 224 g/mol. The Balaban J connectivity index is 2.28. The lowest BCUT2D eigenvalue weighted by Crippen LogP contribution is -2.42. The average Bonchev–Trinajstić information content (AvgIpc) is 2.82. The zero-order valence-electron chi connectivity index (χ0n) is 9.28. The summed E-state index contributed by atoms with van der Waals surface area (Å²) in [4.78, 5) is 13.8. The quantitative estimate of drug-likeness (QED) is 0.833. The molecule has 1 aromatic heterocycles. The normalized spacial score (nSPS) is 31.3. The molecule has 0 spiro atoms. The van der Waals surface area contributed by atoms with Crippen LogP contribution in [0, 0.1) is 0 Å². The highest BCUT2D eigenvalue weighted by atomic mass is 32.1. The smallest absolute Gasteiger partial charge is 0.243 e. The molecule has 82 valence electrons. The highest BCUT2D eigenvalue weighted by molar-refractivity contribution is 7.07. The van der Waals surface area contributed by atoms with Crippen LogP contribution in [0.3, 0.4) is 0 Å². The number of hydrogen-bond acceptors (Lipinski definition) is 3. The zero-order chi connectivity index (χ0) is 11.1. The Morgan fingerprint density at radius 3 is 2.87 bits per heavy atom. The largest absolute Gasteiger partial charge is 0.324 e. The summed E-state index contributed by atoms with van der Waals surface area (Å²) in [6.45, 7) is 4.01. The summed E-state index contributed by atoms with van der Waals surface area (Å²) in [5.41, 5.74) is 0.773. The molecule has 0 aromatic carbocycles. The minimum absolute atomic E-state index is 0.0358. The van der Waals surface area contributed by atoms with Crippen LogP contribution >= 0.6 is 11.3 Å². The minimum atomic E-state index is -0.401. The zero-order valence-corrected chi connectivity index (χ0v) is 10.1. The second kappa shape index (κ2) is 3.61. The standard InChI is InChI=1S/C11H16N2OS/c1-4-11(2)10(14)13(3)9(12-11)8-5-6-15-7-8/h5-7,9,12H,4H2,1-3H3. The second-order valence-electron chi connectivity index (χ2n) is 4.21. The molecule has 3 nitrogen and oxygen atoms in total. The second-order valence-corrected chi connectivity index (χ2v) is 4.99.